The Labute approximate surface area is 111 Å². The minimum Gasteiger partial charge on any atom is -0.339 e. The zero-order valence-electron chi connectivity index (χ0n) is 12.0. The molecule has 2 unspecified atom stereocenters. The van der Waals surface area contributed by atoms with Crippen LogP contribution in [0.3, 0.4) is 0 Å². The molecule has 0 spiro atoms. The molecule has 2 fully saturated rings. The Morgan fingerprint density at radius 3 is 2.78 bits per heavy atom. The van der Waals surface area contributed by atoms with Gasteiger partial charge in [-0.3, -0.25) is 4.79 Å². The average Bonchev–Trinajstić information content (AvgIpc) is 2.89. The summed E-state index contributed by atoms with van der Waals surface area (Å²) in [6, 6.07) is 0.522. The minimum atomic E-state index is 0.152. The van der Waals surface area contributed by atoms with Crippen molar-refractivity contribution in [1.29, 1.82) is 0 Å². The molecule has 1 amide bonds. The number of piperidine rings is 1. The van der Waals surface area contributed by atoms with E-state index in [2.05, 4.69) is 10.2 Å². The third kappa shape index (κ3) is 3.47. The van der Waals surface area contributed by atoms with Crippen LogP contribution in [0.15, 0.2) is 0 Å². The highest BCUT2D eigenvalue weighted by Gasteiger charge is 2.28. The molecule has 0 aliphatic carbocycles. The molecular weight excluding hydrogens is 224 g/mol. The van der Waals surface area contributed by atoms with Gasteiger partial charge in [-0.2, -0.15) is 0 Å². The molecule has 2 atom stereocenters. The van der Waals surface area contributed by atoms with Gasteiger partial charge in [0.05, 0.1) is 0 Å². The monoisotopic (exact) mass is 252 g/mol. The first kappa shape index (κ1) is 13.9. The van der Waals surface area contributed by atoms with E-state index in [4.69, 9.17) is 0 Å². The summed E-state index contributed by atoms with van der Waals surface area (Å²) in [7, 11) is 0. The Morgan fingerprint density at radius 2 is 2.11 bits per heavy atom. The molecule has 0 aromatic heterocycles. The van der Waals surface area contributed by atoms with Crippen molar-refractivity contribution in [1.82, 2.24) is 10.2 Å². The van der Waals surface area contributed by atoms with E-state index in [-0.39, 0.29) is 5.92 Å². The first-order valence-corrected chi connectivity index (χ1v) is 7.69. The quantitative estimate of drug-likeness (QED) is 0.833. The van der Waals surface area contributed by atoms with Gasteiger partial charge in [0.25, 0.3) is 0 Å². The Hall–Kier alpha value is -0.570. The fourth-order valence-corrected chi connectivity index (χ4v) is 3.31. The predicted molar refractivity (Wildman–Crippen MR) is 74.4 cm³/mol. The van der Waals surface area contributed by atoms with E-state index >= 15 is 0 Å². The van der Waals surface area contributed by atoms with Crippen molar-refractivity contribution in [3.05, 3.63) is 0 Å². The van der Waals surface area contributed by atoms with Gasteiger partial charge in [0.2, 0.25) is 5.91 Å². The van der Waals surface area contributed by atoms with E-state index in [0.717, 1.165) is 12.5 Å². The predicted octanol–water partition coefficient (Wildman–Crippen LogP) is 2.41. The van der Waals surface area contributed by atoms with E-state index in [1.54, 1.807) is 0 Å². The normalized spacial score (nSPS) is 28.9. The molecule has 2 heterocycles. The second-order valence-corrected chi connectivity index (χ2v) is 6.27. The van der Waals surface area contributed by atoms with Crippen LogP contribution in [0, 0.1) is 11.8 Å². The van der Waals surface area contributed by atoms with Gasteiger partial charge in [-0.05, 0) is 57.5 Å². The van der Waals surface area contributed by atoms with Crippen LogP contribution in [0.5, 0.6) is 0 Å². The largest absolute Gasteiger partial charge is 0.339 e. The van der Waals surface area contributed by atoms with Crippen molar-refractivity contribution in [3.8, 4) is 0 Å². The fourth-order valence-electron chi connectivity index (χ4n) is 3.31. The summed E-state index contributed by atoms with van der Waals surface area (Å²) in [6.07, 6.45) is 7.54. The highest BCUT2D eigenvalue weighted by atomic mass is 16.2. The van der Waals surface area contributed by atoms with E-state index in [9.17, 15) is 4.79 Å². The molecule has 3 heteroatoms. The van der Waals surface area contributed by atoms with Crippen LogP contribution < -0.4 is 5.32 Å². The van der Waals surface area contributed by atoms with Crippen molar-refractivity contribution >= 4 is 5.91 Å². The third-order valence-electron chi connectivity index (χ3n) is 4.47. The topological polar surface area (TPSA) is 32.3 Å². The van der Waals surface area contributed by atoms with Crippen LogP contribution >= 0.6 is 0 Å². The number of carbonyl (C=O) groups is 1. The number of nitrogens with one attached hydrogen (secondary N) is 1. The maximum absolute atomic E-state index is 12.2. The second kappa shape index (κ2) is 6.55. The summed E-state index contributed by atoms with van der Waals surface area (Å²) in [5, 5.41) is 3.43. The summed E-state index contributed by atoms with van der Waals surface area (Å²) in [6.45, 7) is 7.41. The molecule has 0 bridgehead atoms. The standard InChI is InChI=1S/C15H28N2O/c1-12(2)15(18)17-10-4-3-5-14(17)7-6-13-8-9-16-11-13/h12-14,16H,3-11H2,1-2H3. The molecule has 2 aliphatic heterocycles. The Bertz CT molecular complexity index is 272. The zero-order chi connectivity index (χ0) is 13.0. The lowest BCUT2D eigenvalue weighted by atomic mass is 9.92. The zero-order valence-corrected chi connectivity index (χ0v) is 12.0. The van der Waals surface area contributed by atoms with Gasteiger partial charge in [0, 0.05) is 18.5 Å². The summed E-state index contributed by atoms with van der Waals surface area (Å²) in [5.74, 6) is 1.37. The molecule has 2 rings (SSSR count). The highest BCUT2D eigenvalue weighted by Crippen LogP contribution is 2.25. The van der Waals surface area contributed by atoms with Gasteiger partial charge < -0.3 is 10.2 Å². The number of rotatable bonds is 4. The van der Waals surface area contributed by atoms with Crippen molar-refractivity contribution < 1.29 is 4.79 Å². The maximum Gasteiger partial charge on any atom is 0.225 e. The number of amides is 1. The molecule has 1 N–H and O–H groups in total. The van der Waals surface area contributed by atoms with Crippen LogP contribution in [0.4, 0.5) is 0 Å². The number of likely N-dealkylation sites (tertiary alicyclic amines) is 1. The van der Waals surface area contributed by atoms with Crippen molar-refractivity contribution in [2.75, 3.05) is 19.6 Å². The van der Waals surface area contributed by atoms with Crippen LogP contribution in [0.1, 0.15) is 52.4 Å². The van der Waals surface area contributed by atoms with Gasteiger partial charge >= 0.3 is 0 Å². The molecule has 0 aromatic carbocycles. The Morgan fingerprint density at radius 1 is 1.28 bits per heavy atom. The molecule has 0 aromatic rings. The fraction of sp³-hybridized carbons (Fsp3) is 0.933. The minimum absolute atomic E-state index is 0.152. The average molecular weight is 252 g/mol. The maximum atomic E-state index is 12.2. The van der Waals surface area contributed by atoms with Gasteiger partial charge in [-0.25, -0.2) is 0 Å². The van der Waals surface area contributed by atoms with Crippen LogP contribution in [0.2, 0.25) is 0 Å². The summed E-state index contributed by atoms with van der Waals surface area (Å²) in [5.41, 5.74) is 0. The van der Waals surface area contributed by atoms with Gasteiger partial charge in [-0.1, -0.05) is 13.8 Å². The lowest BCUT2D eigenvalue weighted by Crippen LogP contribution is -2.45. The SMILES string of the molecule is CC(C)C(=O)N1CCCCC1CCC1CCNC1. The molecule has 3 nitrogen and oxygen atoms in total. The van der Waals surface area contributed by atoms with Crippen LogP contribution in [-0.4, -0.2) is 36.5 Å². The van der Waals surface area contributed by atoms with E-state index in [1.807, 2.05) is 13.8 Å². The lowest BCUT2D eigenvalue weighted by Gasteiger charge is -2.37. The number of carbonyl (C=O) groups excluding carboxylic acids is 1. The second-order valence-electron chi connectivity index (χ2n) is 6.27. The molecular formula is C15H28N2O. The number of hydrogen-bond acceptors (Lipinski definition) is 2. The first-order valence-electron chi connectivity index (χ1n) is 7.69. The van der Waals surface area contributed by atoms with E-state index < -0.39 is 0 Å². The smallest absolute Gasteiger partial charge is 0.225 e. The van der Waals surface area contributed by atoms with Crippen LogP contribution in [0.25, 0.3) is 0 Å². The number of nitrogens with zero attached hydrogens (tertiary/aromatic N) is 1. The molecule has 18 heavy (non-hydrogen) atoms. The Balaban J connectivity index is 1.84. The van der Waals surface area contributed by atoms with Crippen molar-refractivity contribution in [2.45, 2.75) is 58.4 Å². The molecule has 0 radical (unpaired) electrons. The summed E-state index contributed by atoms with van der Waals surface area (Å²) in [4.78, 5) is 14.4. The van der Waals surface area contributed by atoms with Crippen LogP contribution in [-0.2, 0) is 4.79 Å². The molecule has 2 saturated heterocycles. The number of hydrogen-bond donors (Lipinski definition) is 1. The van der Waals surface area contributed by atoms with Gasteiger partial charge in [0.1, 0.15) is 0 Å². The lowest BCUT2D eigenvalue weighted by molar-refractivity contribution is -0.138. The molecule has 0 saturated carbocycles. The van der Waals surface area contributed by atoms with Crippen molar-refractivity contribution in [3.63, 3.8) is 0 Å². The van der Waals surface area contributed by atoms with Gasteiger partial charge in [-0.15, -0.1) is 0 Å². The van der Waals surface area contributed by atoms with Gasteiger partial charge in [0.15, 0.2) is 0 Å². The Kier molecular flexibility index (Phi) is 5.04. The first-order chi connectivity index (χ1) is 8.68. The highest BCUT2D eigenvalue weighted by molar-refractivity contribution is 5.78. The van der Waals surface area contributed by atoms with E-state index in [0.29, 0.717) is 11.9 Å². The summed E-state index contributed by atoms with van der Waals surface area (Å²) < 4.78 is 0. The third-order valence-corrected chi connectivity index (χ3v) is 4.47. The van der Waals surface area contributed by atoms with E-state index in [1.165, 1.54) is 51.6 Å². The molecule has 104 valence electrons. The summed E-state index contributed by atoms with van der Waals surface area (Å²) >= 11 is 0. The molecule has 2 aliphatic rings. The van der Waals surface area contributed by atoms with Crippen molar-refractivity contribution in [2.24, 2.45) is 11.8 Å².